The molecule has 3 aliphatic heterocycles. The molecule has 10 nitrogen and oxygen atoms in total. The second-order valence-corrected chi connectivity index (χ2v) is 19.3. The molecule has 3 saturated heterocycles. The number of fused-ring (bicyclic) bond motifs is 2. The number of hydrogen-bond acceptors (Lipinski definition) is 9. The van der Waals surface area contributed by atoms with Crippen molar-refractivity contribution in [3.63, 3.8) is 0 Å². The number of alkyl halides is 3. The molecule has 4 fully saturated rings. The van der Waals surface area contributed by atoms with Gasteiger partial charge in [0.2, 0.25) is 10.0 Å². The Morgan fingerprint density at radius 1 is 1.04 bits per heavy atom. The molecule has 1 spiro atoms. The van der Waals surface area contributed by atoms with E-state index in [0.717, 1.165) is 91.9 Å². The molecule has 290 valence electrons. The topological polar surface area (TPSA) is 102 Å². The predicted molar refractivity (Wildman–Crippen MR) is 206 cm³/mol. The Bertz CT molecular complexity index is 2200. The molecule has 1 aliphatic carbocycles. The van der Waals surface area contributed by atoms with E-state index in [1.165, 1.54) is 11.1 Å². The number of thiophene rings is 1. The maximum absolute atomic E-state index is 13.2. The van der Waals surface area contributed by atoms with Crippen molar-refractivity contribution >= 4 is 48.3 Å². The summed E-state index contributed by atoms with van der Waals surface area (Å²) >= 11 is 1.12. The number of sulfonamides is 1. The molecule has 0 amide bonds. The van der Waals surface area contributed by atoms with Crippen molar-refractivity contribution in [1.29, 1.82) is 5.26 Å². The summed E-state index contributed by atoms with van der Waals surface area (Å²) < 4.78 is 69.2. The van der Waals surface area contributed by atoms with Crippen LogP contribution in [-0.2, 0) is 36.0 Å². The third-order valence-corrected chi connectivity index (χ3v) is 15.3. The average molecular weight is 783 g/mol. The molecule has 4 aromatic rings. The highest BCUT2D eigenvalue weighted by Gasteiger charge is 2.44. The SMILES string of the molecule is CCc1nc(N2CCC3(CCN(Cc4ccc5c(cc(C#N)n5C[C@H](C)N5CCN(S(=O)(=O)CC6CC6)CC5)c4C)C3)C2)c2cc(CC(F)(F)F)sc2n1. The number of hydrogen-bond donors (Lipinski definition) is 0. The van der Waals surface area contributed by atoms with Crippen LogP contribution < -0.4 is 4.90 Å². The van der Waals surface area contributed by atoms with E-state index in [-0.39, 0.29) is 22.1 Å². The minimum absolute atomic E-state index is 0.0901. The van der Waals surface area contributed by atoms with E-state index in [2.05, 4.69) is 56.3 Å². The van der Waals surface area contributed by atoms with Gasteiger partial charge in [-0.15, -0.1) is 11.3 Å². The first-order chi connectivity index (χ1) is 25.7. The first kappa shape index (κ1) is 37.6. The third-order valence-electron chi connectivity index (χ3n) is 12.3. The number of aryl methyl sites for hydroxylation is 2. The summed E-state index contributed by atoms with van der Waals surface area (Å²) in [6.07, 6.45) is -0.492. The summed E-state index contributed by atoms with van der Waals surface area (Å²) in [5.74, 6) is 2.05. The Hall–Kier alpha value is -3.29. The van der Waals surface area contributed by atoms with Crippen molar-refractivity contribution in [2.24, 2.45) is 11.3 Å². The van der Waals surface area contributed by atoms with E-state index >= 15 is 0 Å². The number of halogens is 3. The fourth-order valence-corrected chi connectivity index (χ4v) is 11.9. The van der Waals surface area contributed by atoms with E-state index in [4.69, 9.17) is 4.98 Å². The number of anilines is 1. The molecule has 1 unspecified atom stereocenters. The summed E-state index contributed by atoms with van der Waals surface area (Å²) in [5, 5.41) is 12.0. The quantitative estimate of drug-likeness (QED) is 0.174. The van der Waals surface area contributed by atoms with Crippen molar-refractivity contribution < 1.29 is 21.6 Å². The second-order valence-electron chi connectivity index (χ2n) is 16.2. The van der Waals surface area contributed by atoms with Gasteiger partial charge in [-0.3, -0.25) is 9.80 Å². The summed E-state index contributed by atoms with van der Waals surface area (Å²) in [7, 11) is -3.19. The molecule has 1 saturated carbocycles. The van der Waals surface area contributed by atoms with E-state index in [9.17, 15) is 26.9 Å². The largest absolute Gasteiger partial charge is 0.393 e. The molecule has 3 aromatic heterocycles. The normalized spacial score (nSPS) is 22.6. The maximum atomic E-state index is 13.2. The highest BCUT2D eigenvalue weighted by molar-refractivity contribution is 7.89. The number of piperazine rings is 1. The van der Waals surface area contributed by atoms with Gasteiger partial charge in [0.25, 0.3) is 0 Å². The van der Waals surface area contributed by atoms with Gasteiger partial charge in [0.1, 0.15) is 28.2 Å². The Morgan fingerprint density at radius 3 is 2.50 bits per heavy atom. The van der Waals surface area contributed by atoms with Crippen molar-refractivity contribution in [1.82, 2.24) is 28.6 Å². The van der Waals surface area contributed by atoms with Crippen LogP contribution in [-0.4, -0.2) is 107 Å². The van der Waals surface area contributed by atoms with Crippen LogP contribution in [0.4, 0.5) is 19.0 Å². The molecule has 6 heterocycles. The van der Waals surface area contributed by atoms with Crippen molar-refractivity contribution in [3.8, 4) is 6.07 Å². The standard InChI is InChI=1S/C39H49F3N8O2S2/c1-4-35-44-36(33-18-31(19-39(40,41)42)53-37(33)45-35)48-12-10-38(25-48)9-11-46(24-38)22-29-7-8-34-32(27(29)3)17-30(20-43)50(34)21-26(2)47-13-15-49(16-14-47)54(51,52)23-28-5-6-28/h7-8,17-18,26,28H,4-6,9-16,19,21-25H2,1-3H3/t26-,38?/m0/s1. The van der Waals surface area contributed by atoms with Crippen LogP contribution in [0.5, 0.6) is 0 Å². The lowest BCUT2D eigenvalue weighted by Crippen LogP contribution is -2.52. The molecular weight excluding hydrogens is 734 g/mol. The van der Waals surface area contributed by atoms with Gasteiger partial charge in [0, 0.05) is 92.6 Å². The fraction of sp³-hybridized carbons (Fsp3) is 0.615. The Kier molecular flexibility index (Phi) is 9.99. The lowest BCUT2D eigenvalue weighted by Gasteiger charge is -2.37. The second kappa shape index (κ2) is 14.3. The number of benzene rings is 1. The first-order valence-electron chi connectivity index (χ1n) is 19.3. The van der Waals surface area contributed by atoms with Crippen LogP contribution in [0.3, 0.4) is 0 Å². The Morgan fingerprint density at radius 2 is 1.80 bits per heavy atom. The fourth-order valence-electron chi connectivity index (χ4n) is 9.01. The highest BCUT2D eigenvalue weighted by Crippen LogP contribution is 2.44. The zero-order valence-electron chi connectivity index (χ0n) is 31.3. The van der Waals surface area contributed by atoms with E-state index in [1.807, 2.05) is 13.0 Å². The van der Waals surface area contributed by atoms with Crippen molar-refractivity contribution in [2.75, 3.05) is 63.0 Å². The van der Waals surface area contributed by atoms with Crippen LogP contribution in [0, 0.1) is 29.6 Å². The van der Waals surface area contributed by atoms with Gasteiger partial charge in [-0.2, -0.15) is 22.7 Å². The smallest absolute Gasteiger partial charge is 0.355 e. The third kappa shape index (κ3) is 7.61. The molecule has 1 aromatic carbocycles. The zero-order chi connectivity index (χ0) is 38.0. The summed E-state index contributed by atoms with van der Waals surface area (Å²) in [6.45, 7) is 13.7. The molecule has 8 rings (SSSR count). The molecular formula is C39H49F3N8O2S2. The van der Waals surface area contributed by atoms with Gasteiger partial charge in [-0.05, 0) is 81.3 Å². The monoisotopic (exact) mass is 782 g/mol. The average Bonchev–Trinajstić information content (AvgIpc) is 3.43. The molecule has 0 bridgehead atoms. The van der Waals surface area contributed by atoms with Crippen molar-refractivity contribution in [3.05, 3.63) is 51.8 Å². The molecule has 0 N–H and O–H groups in total. The predicted octanol–water partition coefficient (Wildman–Crippen LogP) is 6.34. The molecule has 54 heavy (non-hydrogen) atoms. The van der Waals surface area contributed by atoms with Gasteiger partial charge < -0.3 is 9.47 Å². The van der Waals surface area contributed by atoms with Crippen LogP contribution in [0.25, 0.3) is 21.1 Å². The zero-order valence-corrected chi connectivity index (χ0v) is 33.0. The summed E-state index contributed by atoms with van der Waals surface area (Å²) in [4.78, 5) is 17.5. The van der Waals surface area contributed by atoms with Crippen LogP contribution in [0.15, 0.2) is 24.3 Å². The number of nitrogens with zero attached hydrogens (tertiary/aromatic N) is 8. The van der Waals surface area contributed by atoms with Gasteiger partial charge in [-0.1, -0.05) is 13.0 Å². The molecule has 15 heteroatoms. The summed E-state index contributed by atoms with van der Waals surface area (Å²) in [5.41, 5.74) is 4.20. The minimum Gasteiger partial charge on any atom is -0.355 e. The van der Waals surface area contributed by atoms with E-state index in [1.54, 1.807) is 10.4 Å². The number of nitriles is 1. The van der Waals surface area contributed by atoms with Gasteiger partial charge in [-0.25, -0.2) is 18.4 Å². The van der Waals surface area contributed by atoms with Crippen LogP contribution >= 0.6 is 11.3 Å². The van der Waals surface area contributed by atoms with E-state index in [0.29, 0.717) is 61.4 Å². The van der Waals surface area contributed by atoms with Crippen molar-refractivity contribution in [2.45, 2.75) is 84.6 Å². The van der Waals surface area contributed by atoms with Crippen LogP contribution in [0.2, 0.25) is 0 Å². The number of aromatic nitrogens is 3. The maximum Gasteiger partial charge on any atom is 0.393 e. The minimum atomic E-state index is -4.27. The molecule has 4 aliphatic rings. The summed E-state index contributed by atoms with van der Waals surface area (Å²) in [6, 6.07) is 10.6. The Labute approximate surface area is 319 Å². The lowest BCUT2D eigenvalue weighted by atomic mass is 9.86. The molecule has 2 atom stereocenters. The number of rotatable bonds is 11. The van der Waals surface area contributed by atoms with Gasteiger partial charge in [0.05, 0.1) is 17.6 Å². The highest BCUT2D eigenvalue weighted by atomic mass is 32.2. The Balaban J connectivity index is 0.930. The molecule has 0 radical (unpaired) electrons. The lowest BCUT2D eigenvalue weighted by molar-refractivity contribution is -0.126. The first-order valence-corrected chi connectivity index (χ1v) is 21.7. The van der Waals surface area contributed by atoms with Gasteiger partial charge >= 0.3 is 6.18 Å². The number of likely N-dealkylation sites (tertiary alicyclic amines) is 1. The van der Waals surface area contributed by atoms with E-state index < -0.39 is 22.6 Å². The van der Waals surface area contributed by atoms with Crippen LogP contribution in [0.1, 0.15) is 67.1 Å². The van der Waals surface area contributed by atoms with Gasteiger partial charge in [0.15, 0.2) is 0 Å².